The molecule has 2 nitrogen and oxygen atoms in total. The summed E-state index contributed by atoms with van der Waals surface area (Å²) in [5, 5.41) is 0. The zero-order valence-corrected chi connectivity index (χ0v) is 7.75. The molecule has 0 radical (unpaired) electrons. The van der Waals surface area contributed by atoms with Gasteiger partial charge < -0.3 is 4.52 Å². The first-order chi connectivity index (χ1) is 4.72. The molecule has 10 heavy (non-hydrogen) atoms. The SMILES string of the molecule is CCCCC(C)C(=O)OP. The Morgan fingerprint density at radius 3 is 2.70 bits per heavy atom. The second-order valence-corrected chi connectivity index (χ2v) is 2.72. The van der Waals surface area contributed by atoms with Crippen LogP contribution in [0.3, 0.4) is 0 Å². The molecule has 0 N–H and O–H groups in total. The minimum absolute atomic E-state index is 0.0532. The number of hydrogen-bond donors (Lipinski definition) is 0. The number of rotatable bonds is 4. The Morgan fingerprint density at radius 2 is 2.30 bits per heavy atom. The van der Waals surface area contributed by atoms with E-state index in [0.717, 1.165) is 19.3 Å². The lowest BCUT2D eigenvalue weighted by Crippen LogP contribution is -2.09. The molecule has 0 bridgehead atoms. The number of hydrogen-bond acceptors (Lipinski definition) is 2. The maximum Gasteiger partial charge on any atom is 0.310 e. The van der Waals surface area contributed by atoms with Crippen molar-refractivity contribution in [2.24, 2.45) is 5.92 Å². The van der Waals surface area contributed by atoms with Crippen molar-refractivity contribution in [1.29, 1.82) is 0 Å². The summed E-state index contributed by atoms with van der Waals surface area (Å²) in [5.74, 6) is -0.0732. The Kier molecular flexibility index (Phi) is 5.61. The standard InChI is InChI=1S/C7H15O2P/c1-3-4-5-6(2)7(8)9-10/h6H,3-5,10H2,1-2H3. The van der Waals surface area contributed by atoms with Crippen LogP contribution in [0.5, 0.6) is 0 Å². The maximum absolute atomic E-state index is 10.8. The van der Waals surface area contributed by atoms with Gasteiger partial charge in [0, 0.05) is 0 Å². The molecule has 2 atom stereocenters. The maximum atomic E-state index is 10.8. The molecule has 0 aromatic rings. The van der Waals surface area contributed by atoms with E-state index in [9.17, 15) is 4.79 Å². The van der Waals surface area contributed by atoms with Gasteiger partial charge in [-0.3, -0.25) is 4.79 Å². The van der Waals surface area contributed by atoms with E-state index in [-0.39, 0.29) is 11.9 Å². The highest BCUT2D eigenvalue weighted by Gasteiger charge is 2.10. The van der Waals surface area contributed by atoms with Crippen LogP contribution in [0.2, 0.25) is 0 Å². The Balaban J connectivity index is 3.41. The number of unbranched alkanes of at least 4 members (excludes halogenated alkanes) is 1. The predicted molar refractivity (Wildman–Crippen MR) is 44.5 cm³/mol. The molecular weight excluding hydrogens is 147 g/mol. The molecule has 2 unspecified atom stereocenters. The highest BCUT2D eigenvalue weighted by molar-refractivity contribution is 7.10. The molecule has 0 saturated heterocycles. The van der Waals surface area contributed by atoms with Gasteiger partial charge in [0.1, 0.15) is 0 Å². The van der Waals surface area contributed by atoms with Crippen LogP contribution >= 0.6 is 9.47 Å². The molecule has 0 amide bonds. The summed E-state index contributed by atoms with van der Waals surface area (Å²) in [6.07, 6.45) is 3.17. The molecule has 0 saturated carbocycles. The summed E-state index contributed by atoms with van der Waals surface area (Å²) in [7, 11) is 1.98. The third-order valence-electron chi connectivity index (χ3n) is 1.51. The van der Waals surface area contributed by atoms with Crippen molar-refractivity contribution >= 4 is 15.4 Å². The van der Waals surface area contributed by atoms with Crippen LogP contribution < -0.4 is 0 Å². The summed E-state index contributed by atoms with van der Waals surface area (Å²) >= 11 is 0. The topological polar surface area (TPSA) is 26.3 Å². The van der Waals surface area contributed by atoms with E-state index < -0.39 is 0 Å². The quantitative estimate of drug-likeness (QED) is 0.592. The molecule has 0 heterocycles. The minimum atomic E-state index is -0.126. The lowest BCUT2D eigenvalue weighted by Gasteiger charge is -2.06. The molecule has 0 aliphatic heterocycles. The Hall–Kier alpha value is -0.100. The molecule has 0 rings (SSSR count). The largest absolute Gasteiger partial charge is 0.451 e. The Bertz CT molecular complexity index is 104. The molecule has 0 aliphatic rings. The van der Waals surface area contributed by atoms with Crippen molar-refractivity contribution < 1.29 is 9.32 Å². The monoisotopic (exact) mass is 162 g/mol. The normalized spacial score (nSPS) is 12.7. The van der Waals surface area contributed by atoms with E-state index in [2.05, 4.69) is 11.4 Å². The van der Waals surface area contributed by atoms with E-state index in [1.54, 1.807) is 0 Å². The van der Waals surface area contributed by atoms with Crippen LogP contribution in [-0.4, -0.2) is 5.97 Å². The highest BCUT2D eigenvalue weighted by atomic mass is 31.0. The lowest BCUT2D eigenvalue weighted by molar-refractivity contribution is -0.137. The number of carbonyl (C=O) groups is 1. The fourth-order valence-corrected chi connectivity index (χ4v) is 0.977. The van der Waals surface area contributed by atoms with Crippen LogP contribution in [0, 0.1) is 5.92 Å². The van der Waals surface area contributed by atoms with Gasteiger partial charge in [0.15, 0.2) is 0 Å². The molecule has 3 heteroatoms. The number of carbonyl (C=O) groups excluding carboxylic acids is 1. The third kappa shape index (κ3) is 3.84. The fourth-order valence-electron chi connectivity index (χ4n) is 0.744. The first-order valence-electron chi connectivity index (χ1n) is 3.63. The van der Waals surface area contributed by atoms with E-state index >= 15 is 0 Å². The average Bonchev–Trinajstić information content (AvgIpc) is 1.98. The van der Waals surface area contributed by atoms with Gasteiger partial charge in [-0.25, -0.2) is 0 Å². The van der Waals surface area contributed by atoms with Crippen molar-refractivity contribution in [2.75, 3.05) is 0 Å². The van der Waals surface area contributed by atoms with Crippen LogP contribution in [-0.2, 0) is 9.32 Å². The molecule has 0 aromatic heterocycles. The summed E-state index contributed by atoms with van der Waals surface area (Å²) in [5.41, 5.74) is 0. The van der Waals surface area contributed by atoms with Gasteiger partial charge in [0.25, 0.3) is 0 Å². The van der Waals surface area contributed by atoms with Crippen molar-refractivity contribution in [3.63, 3.8) is 0 Å². The first kappa shape index (κ1) is 9.90. The smallest absolute Gasteiger partial charge is 0.310 e. The fraction of sp³-hybridized carbons (Fsp3) is 0.857. The summed E-state index contributed by atoms with van der Waals surface area (Å²) in [4.78, 5) is 10.8. The van der Waals surface area contributed by atoms with E-state index in [1.807, 2.05) is 16.4 Å². The van der Waals surface area contributed by atoms with Gasteiger partial charge in [-0.2, -0.15) is 0 Å². The van der Waals surface area contributed by atoms with Gasteiger partial charge >= 0.3 is 5.97 Å². The van der Waals surface area contributed by atoms with Gasteiger partial charge in [0.2, 0.25) is 0 Å². The first-order valence-corrected chi connectivity index (χ1v) is 4.10. The third-order valence-corrected chi connectivity index (χ3v) is 1.74. The van der Waals surface area contributed by atoms with Gasteiger partial charge in [-0.1, -0.05) is 26.7 Å². The van der Waals surface area contributed by atoms with Gasteiger partial charge in [-0.05, 0) is 6.42 Å². The minimum Gasteiger partial charge on any atom is -0.451 e. The summed E-state index contributed by atoms with van der Waals surface area (Å²) in [6, 6.07) is 0. The second kappa shape index (κ2) is 5.67. The Morgan fingerprint density at radius 1 is 1.70 bits per heavy atom. The predicted octanol–water partition coefficient (Wildman–Crippen LogP) is 2.15. The zero-order valence-electron chi connectivity index (χ0n) is 6.59. The van der Waals surface area contributed by atoms with E-state index in [1.165, 1.54) is 0 Å². The second-order valence-electron chi connectivity index (χ2n) is 2.48. The molecule has 60 valence electrons. The lowest BCUT2D eigenvalue weighted by atomic mass is 10.1. The summed E-state index contributed by atoms with van der Waals surface area (Å²) < 4.78 is 4.49. The van der Waals surface area contributed by atoms with Crippen LogP contribution in [0.25, 0.3) is 0 Å². The molecule has 0 aromatic carbocycles. The van der Waals surface area contributed by atoms with Crippen LogP contribution in [0.15, 0.2) is 0 Å². The van der Waals surface area contributed by atoms with Crippen molar-refractivity contribution in [3.8, 4) is 0 Å². The summed E-state index contributed by atoms with van der Waals surface area (Å²) in [6.45, 7) is 4.00. The molecule has 0 fully saturated rings. The molecule has 0 aliphatic carbocycles. The van der Waals surface area contributed by atoms with E-state index in [0.29, 0.717) is 0 Å². The van der Waals surface area contributed by atoms with Crippen LogP contribution in [0.4, 0.5) is 0 Å². The van der Waals surface area contributed by atoms with Gasteiger partial charge in [0.05, 0.1) is 15.4 Å². The highest BCUT2D eigenvalue weighted by Crippen LogP contribution is 2.10. The molecule has 0 spiro atoms. The zero-order chi connectivity index (χ0) is 7.98. The average molecular weight is 162 g/mol. The van der Waals surface area contributed by atoms with Crippen molar-refractivity contribution in [2.45, 2.75) is 33.1 Å². The molecular formula is C7H15O2P. The van der Waals surface area contributed by atoms with Crippen LogP contribution in [0.1, 0.15) is 33.1 Å². The van der Waals surface area contributed by atoms with Gasteiger partial charge in [-0.15, -0.1) is 0 Å². The van der Waals surface area contributed by atoms with Crippen molar-refractivity contribution in [1.82, 2.24) is 0 Å². The Labute approximate surface area is 64.6 Å². The van der Waals surface area contributed by atoms with Crippen molar-refractivity contribution in [3.05, 3.63) is 0 Å². The van der Waals surface area contributed by atoms with E-state index in [4.69, 9.17) is 0 Å².